The number of carbonyl (C=O) groups is 2. The van der Waals surface area contributed by atoms with E-state index in [2.05, 4.69) is 91.9 Å². The van der Waals surface area contributed by atoms with Crippen molar-refractivity contribution in [3.63, 3.8) is 0 Å². The lowest BCUT2D eigenvalue weighted by Gasteiger charge is -2.36. The van der Waals surface area contributed by atoms with Crippen LogP contribution in [0.4, 0.5) is 0 Å². The Balaban J connectivity index is 1.72. The molecule has 1 aromatic rings. The van der Waals surface area contributed by atoms with Crippen molar-refractivity contribution in [1.82, 2.24) is 15.5 Å². The van der Waals surface area contributed by atoms with Gasteiger partial charge in [0.05, 0.1) is 11.4 Å². The van der Waals surface area contributed by atoms with Crippen LogP contribution in [0.1, 0.15) is 76.5 Å². The summed E-state index contributed by atoms with van der Waals surface area (Å²) < 4.78 is 0. The Morgan fingerprint density at radius 3 is 2.70 bits per heavy atom. The van der Waals surface area contributed by atoms with Gasteiger partial charge in [0.25, 0.3) is 5.91 Å². The fourth-order valence-electron chi connectivity index (χ4n) is 4.95. The number of hydrogen-bond acceptors (Lipinski definition) is 4. The van der Waals surface area contributed by atoms with Gasteiger partial charge >= 0.3 is 0 Å². The molecule has 6 nitrogen and oxygen atoms in total. The topological polar surface area (TPSA) is 73.8 Å². The van der Waals surface area contributed by atoms with E-state index in [-0.39, 0.29) is 11.8 Å². The van der Waals surface area contributed by atoms with Gasteiger partial charge in [-0.15, -0.1) is 0 Å². The van der Waals surface area contributed by atoms with E-state index < -0.39 is 0 Å². The largest absolute Gasteiger partial charge is 0.349 e. The van der Waals surface area contributed by atoms with E-state index in [1.165, 1.54) is 0 Å². The van der Waals surface area contributed by atoms with E-state index in [1.807, 2.05) is 13.0 Å². The van der Waals surface area contributed by atoms with Crippen LogP contribution in [0.3, 0.4) is 0 Å². The number of nitrogens with zero attached hydrogens (tertiary/aromatic N) is 2. The summed E-state index contributed by atoms with van der Waals surface area (Å²) in [6.45, 7) is 11.4. The fraction of sp³-hybridized carbons (Fsp3) is 0.441. The number of amidine groups is 1. The number of benzene rings is 1. The molecule has 0 bridgehead atoms. The van der Waals surface area contributed by atoms with E-state index in [1.54, 1.807) is 0 Å². The average molecular weight is 541 g/mol. The van der Waals surface area contributed by atoms with Gasteiger partial charge in [0.15, 0.2) is 0 Å². The first kappa shape index (κ1) is 29.3. The summed E-state index contributed by atoms with van der Waals surface area (Å²) >= 11 is 0. The molecule has 1 heterocycles. The highest BCUT2D eigenvalue weighted by Gasteiger charge is 2.29. The minimum absolute atomic E-state index is 0.0284. The highest BCUT2D eigenvalue weighted by Crippen LogP contribution is 2.34. The Labute approximate surface area is 239 Å². The molecular formula is C34H44N4O2. The second-order valence-corrected chi connectivity index (χ2v) is 11.3. The smallest absolute Gasteiger partial charge is 0.251 e. The van der Waals surface area contributed by atoms with Gasteiger partial charge in [-0.05, 0) is 68.2 Å². The van der Waals surface area contributed by atoms with E-state index in [0.29, 0.717) is 24.9 Å². The summed E-state index contributed by atoms with van der Waals surface area (Å²) in [5.41, 5.74) is 7.05. The molecule has 0 radical (unpaired) electrons. The molecule has 0 saturated heterocycles. The Morgan fingerprint density at radius 2 is 2.08 bits per heavy atom. The molecule has 40 heavy (non-hydrogen) atoms. The summed E-state index contributed by atoms with van der Waals surface area (Å²) in [6, 6.07) is 6.63. The minimum atomic E-state index is 0.0284. The molecule has 3 aliphatic rings. The predicted octanol–water partition coefficient (Wildman–Crippen LogP) is 6.36. The second-order valence-electron chi connectivity index (χ2n) is 11.3. The van der Waals surface area contributed by atoms with Crippen molar-refractivity contribution in [3.05, 3.63) is 88.4 Å². The van der Waals surface area contributed by atoms with Crippen LogP contribution >= 0.6 is 0 Å². The lowest BCUT2D eigenvalue weighted by atomic mass is 9.91. The van der Waals surface area contributed by atoms with Crippen LogP contribution in [0.5, 0.6) is 0 Å². The highest BCUT2D eigenvalue weighted by atomic mass is 16.1. The molecule has 1 fully saturated rings. The predicted molar refractivity (Wildman–Crippen MR) is 164 cm³/mol. The number of hydrogen-bond donors (Lipinski definition) is 2. The summed E-state index contributed by atoms with van der Waals surface area (Å²) in [4.78, 5) is 31.3. The van der Waals surface area contributed by atoms with Gasteiger partial charge in [-0.2, -0.15) is 0 Å². The number of nitrogens with one attached hydrogen (secondary N) is 2. The van der Waals surface area contributed by atoms with Gasteiger partial charge in [0.1, 0.15) is 12.1 Å². The number of aliphatic imine (C=N–C) groups is 1. The zero-order valence-corrected chi connectivity index (χ0v) is 24.7. The lowest BCUT2D eigenvalue weighted by molar-refractivity contribution is -0.117. The maximum atomic E-state index is 12.6. The maximum absolute atomic E-state index is 12.6. The van der Waals surface area contributed by atoms with E-state index >= 15 is 0 Å². The van der Waals surface area contributed by atoms with Crippen LogP contribution in [-0.4, -0.2) is 35.5 Å². The number of aryl methyl sites for hydroxylation is 1. The monoisotopic (exact) mass is 540 g/mol. The quantitative estimate of drug-likeness (QED) is 0.320. The minimum Gasteiger partial charge on any atom is -0.349 e. The van der Waals surface area contributed by atoms with Crippen molar-refractivity contribution in [2.45, 2.75) is 79.2 Å². The first-order valence-corrected chi connectivity index (χ1v) is 14.8. The standard InChI is InChI=1S/C34H44N4O2/c1-6-8-9-32-33(35-21-23(3)4)37-30(28-11-10-24(5)27(20-28)18-19-39)22-38(32)31(7-2)25-12-14-26(15-13-25)34(40)36-29-16-17-29/h7,9-12,14-15,19-20,22-23,25,29H,6,8,13,16-18,21H2,1-5H3,(H,35,37)(H,36,40)/b31-7-,32-9+. The summed E-state index contributed by atoms with van der Waals surface area (Å²) in [7, 11) is 0. The molecule has 4 rings (SSSR count). The van der Waals surface area contributed by atoms with Crippen LogP contribution in [0.25, 0.3) is 5.70 Å². The molecule has 1 aromatic carbocycles. The lowest BCUT2D eigenvalue weighted by Crippen LogP contribution is -2.39. The van der Waals surface area contributed by atoms with Gasteiger partial charge in [-0.25, -0.2) is 0 Å². The Bertz CT molecular complexity index is 1290. The second kappa shape index (κ2) is 13.6. The Morgan fingerprint density at radius 1 is 1.27 bits per heavy atom. The highest BCUT2D eigenvalue weighted by molar-refractivity contribution is 6.05. The molecule has 1 aliphatic heterocycles. The summed E-state index contributed by atoms with van der Waals surface area (Å²) in [6.07, 6.45) is 19.0. The van der Waals surface area contributed by atoms with E-state index in [0.717, 1.165) is 83.6 Å². The average Bonchev–Trinajstić information content (AvgIpc) is 3.77. The fourth-order valence-corrected chi connectivity index (χ4v) is 4.95. The van der Waals surface area contributed by atoms with Crippen molar-refractivity contribution in [3.8, 4) is 0 Å². The molecule has 0 aromatic heterocycles. The van der Waals surface area contributed by atoms with Crippen molar-refractivity contribution in [2.75, 3.05) is 6.54 Å². The Hall–Kier alpha value is -3.67. The molecule has 1 unspecified atom stereocenters. The summed E-state index contributed by atoms with van der Waals surface area (Å²) in [5, 5.41) is 6.73. The molecule has 0 spiro atoms. The van der Waals surface area contributed by atoms with Gasteiger partial charge in [-0.1, -0.05) is 69.7 Å². The third-order valence-corrected chi connectivity index (χ3v) is 7.45. The zero-order valence-electron chi connectivity index (χ0n) is 24.7. The van der Waals surface area contributed by atoms with Crippen LogP contribution < -0.4 is 10.6 Å². The first-order chi connectivity index (χ1) is 19.3. The molecule has 6 heteroatoms. The SMILES string of the molecule is C/C=C(/C1C=CC(C(=O)NC2CC2)=CC1)N1C=C(c2ccc(C)c(CC=O)c2)NC(=NCC(C)C)/C1=C\CCC. The van der Waals surface area contributed by atoms with Gasteiger partial charge in [0, 0.05) is 42.4 Å². The van der Waals surface area contributed by atoms with E-state index in [4.69, 9.17) is 4.99 Å². The molecule has 1 amide bonds. The number of allylic oxidation sites excluding steroid dienone is 4. The van der Waals surface area contributed by atoms with Crippen LogP contribution in [-0.2, 0) is 16.0 Å². The van der Waals surface area contributed by atoms with Gasteiger partial charge < -0.3 is 20.3 Å². The number of carbonyl (C=O) groups excluding carboxylic acids is 2. The van der Waals surface area contributed by atoms with Crippen LogP contribution in [0.2, 0.25) is 0 Å². The van der Waals surface area contributed by atoms with Crippen LogP contribution in [0, 0.1) is 18.8 Å². The molecule has 2 N–H and O–H groups in total. The Kier molecular flexibility index (Phi) is 9.97. The third kappa shape index (κ3) is 7.29. The van der Waals surface area contributed by atoms with Crippen molar-refractivity contribution < 1.29 is 9.59 Å². The van der Waals surface area contributed by atoms with Crippen LogP contribution in [0.15, 0.2) is 76.7 Å². The molecule has 2 aliphatic carbocycles. The van der Waals surface area contributed by atoms with Gasteiger partial charge in [0.2, 0.25) is 0 Å². The van der Waals surface area contributed by atoms with Gasteiger partial charge in [-0.3, -0.25) is 9.79 Å². The van der Waals surface area contributed by atoms with Crippen molar-refractivity contribution in [1.29, 1.82) is 0 Å². The number of amides is 1. The summed E-state index contributed by atoms with van der Waals surface area (Å²) in [5.74, 6) is 1.44. The first-order valence-electron chi connectivity index (χ1n) is 14.8. The molecule has 1 atom stereocenters. The molecular weight excluding hydrogens is 496 g/mol. The van der Waals surface area contributed by atoms with E-state index in [9.17, 15) is 9.59 Å². The number of rotatable bonds is 11. The zero-order chi connectivity index (χ0) is 28.6. The normalized spacial score (nSPS) is 21.4. The molecule has 1 saturated carbocycles. The number of unbranched alkanes of at least 4 members (excludes halogenated alkanes) is 1. The van der Waals surface area contributed by atoms with Crippen molar-refractivity contribution >= 4 is 23.7 Å². The molecule has 212 valence electrons. The maximum Gasteiger partial charge on any atom is 0.251 e. The third-order valence-electron chi connectivity index (χ3n) is 7.45. The number of aldehydes is 1. The van der Waals surface area contributed by atoms with Crippen molar-refractivity contribution in [2.24, 2.45) is 16.8 Å².